The first-order valence-electron chi connectivity index (χ1n) is 12.2. The number of unbranched alkanes of at least 4 members (excludes halogenated alkanes) is 8. The highest BCUT2D eigenvalue weighted by Gasteiger charge is 2.20. The monoisotopic (exact) mass is 434 g/mol. The zero-order valence-electron chi connectivity index (χ0n) is 19.5. The minimum atomic E-state index is -1.59. The molecule has 0 atom stereocenters. The highest BCUT2D eigenvalue weighted by Crippen LogP contribution is 2.12. The summed E-state index contributed by atoms with van der Waals surface area (Å²) >= 11 is 0. The lowest BCUT2D eigenvalue weighted by atomic mass is 10.3. The second-order valence-corrected chi connectivity index (χ2v) is 12.0. The quantitative estimate of drug-likeness (QED) is 0.141. The molecule has 0 aliphatic rings. The Labute approximate surface area is 179 Å². The normalized spacial score (nSPS) is 11.8. The van der Waals surface area contributed by atoms with Gasteiger partial charge in [-0.25, -0.2) is 0 Å². The fourth-order valence-corrected chi connectivity index (χ4v) is 7.72. The van der Waals surface area contributed by atoms with Gasteiger partial charge in [0.25, 0.3) is 0 Å². The van der Waals surface area contributed by atoms with E-state index >= 15 is 0 Å². The lowest BCUT2D eigenvalue weighted by Crippen LogP contribution is -2.30. The van der Waals surface area contributed by atoms with Crippen molar-refractivity contribution in [2.24, 2.45) is 0 Å². The highest BCUT2D eigenvalue weighted by molar-refractivity contribution is 6.50. The molecule has 0 amide bonds. The molecule has 0 aliphatic carbocycles. The van der Waals surface area contributed by atoms with Crippen LogP contribution in [0.1, 0.15) is 105 Å². The van der Waals surface area contributed by atoms with Crippen LogP contribution in [0.3, 0.4) is 0 Å². The molecule has 0 aromatic rings. The Balaban J connectivity index is 4.33. The van der Waals surface area contributed by atoms with Crippen molar-refractivity contribution >= 4 is 18.6 Å². The first-order chi connectivity index (χ1) is 13.8. The average molecular weight is 435 g/mol. The lowest BCUT2D eigenvalue weighted by molar-refractivity contribution is 0.180. The first kappa shape index (κ1) is 28.3. The number of hydrogen-bond donors (Lipinski definition) is 0. The van der Waals surface area contributed by atoms with E-state index in [1.54, 1.807) is 0 Å². The van der Waals surface area contributed by atoms with Gasteiger partial charge < -0.3 is 17.7 Å². The third-order valence-electron chi connectivity index (χ3n) is 4.84. The Bertz CT molecular complexity index is 244. The van der Waals surface area contributed by atoms with Crippen molar-refractivity contribution in [1.29, 1.82) is 0 Å². The summed E-state index contributed by atoms with van der Waals surface area (Å²) in [7, 11) is -3.19. The molecular weight excluding hydrogens is 384 g/mol. The summed E-state index contributed by atoms with van der Waals surface area (Å²) in [4.78, 5) is 0. The molecule has 0 N–H and O–H groups in total. The molecule has 6 heteroatoms. The molecule has 0 bridgehead atoms. The molecule has 0 aromatic carbocycles. The van der Waals surface area contributed by atoms with Crippen LogP contribution in [0.25, 0.3) is 0 Å². The Morgan fingerprint density at radius 2 is 0.643 bits per heavy atom. The van der Waals surface area contributed by atoms with Gasteiger partial charge in [-0.2, -0.15) is 0 Å². The molecule has 0 radical (unpaired) electrons. The second kappa shape index (κ2) is 23.6. The van der Waals surface area contributed by atoms with Crippen LogP contribution < -0.4 is 0 Å². The third kappa shape index (κ3) is 19.6. The lowest BCUT2D eigenvalue weighted by Gasteiger charge is -2.21. The van der Waals surface area contributed by atoms with Gasteiger partial charge in [-0.15, -0.1) is 0 Å². The zero-order chi connectivity index (χ0) is 20.7. The maximum atomic E-state index is 6.19. The van der Waals surface area contributed by atoms with Crippen LogP contribution in [0, 0.1) is 0 Å². The van der Waals surface area contributed by atoms with Gasteiger partial charge >= 0.3 is 18.6 Å². The summed E-state index contributed by atoms with van der Waals surface area (Å²) in [5.74, 6) is 0. The summed E-state index contributed by atoms with van der Waals surface area (Å²) in [6.45, 7) is 12.4. The SMILES string of the molecule is CCCCCO[SiH](CC[SiH](OCCCCC)OCCCCC)OCCCCC. The predicted octanol–water partition coefficient (Wildman–Crippen LogP) is 6.25. The summed E-state index contributed by atoms with van der Waals surface area (Å²) in [6, 6.07) is 2.08. The van der Waals surface area contributed by atoms with Gasteiger partial charge in [-0.05, 0) is 37.8 Å². The van der Waals surface area contributed by atoms with Crippen LogP contribution in [-0.2, 0) is 17.7 Å². The molecule has 0 rings (SSSR count). The topological polar surface area (TPSA) is 36.9 Å². The summed E-state index contributed by atoms with van der Waals surface area (Å²) < 4.78 is 24.8. The number of hydrogen-bond acceptors (Lipinski definition) is 4. The molecule has 0 saturated heterocycles. The van der Waals surface area contributed by atoms with Crippen molar-refractivity contribution in [3.8, 4) is 0 Å². The zero-order valence-corrected chi connectivity index (χ0v) is 21.8. The Morgan fingerprint density at radius 1 is 0.393 bits per heavy atom. The minimum absolute atomic E-state index is 0.861. The van der Waals surface area contributed by atoms with Crippen LogP contribution in [0.5, 0.6) is 0 Å². The summed E-state index contributed by atoms with van der Waals surface area (Å²) in [5, 5.41) is 0. The molecule has 0 fully saturated rings. The molecule has 170 valence electrons. The third-order valence-corrected chi connectivity index (χ3v) is 9.55. The van der Waals surface area contributed by atoms with E-state index in [9.17, 15) is 0 Å². The first-order valence-corrected chi connectivity index (χ1v) is 15.8. The van der Waals surface area contributed by atoms with Crippen molar-refractivity contribution in [3.63, 3.8) is 0 Å². The number of rotatable bonds is 23. The Hall–Kier alpha value is 0.274. The van der Waals surface area contributed by atoms with Crippen molar-refractivity contribution < 1.29 is 17.7 Å². The molecule has 0 saturated carbocycles. The van der Waals surface area contributed by atoms with Crippen molar-refractivity contribution in [2.45, 2.75) is 117 Å². The molecular formula is C22H50O4Si2. The minimum Gasteiger partial charge on any atom is -0.397 e. The molecule has 0 aromatic heterocycles. The van der Waals surface area contributed by atoms with Crippen LogP contribution in [0.2, 0.25) is 12.1 Å². The van der Waals surface area contributed by atoms with E-state index in [0.29, 0.717) is 0 Å². The molecule has 4 nitrogen and oxygen atoms in total. The largest absolute Gasteiger partial charge is 0.397 e. The summed E-state index contributed by atoms with van der Waals surface area (Å²) in [5.41, 5.74) is 0. The van der Waals surface area contributed by atoms with Gasteiger partial charge in [0.2, 0.25) is 0 Å². The fraction of sp³-hybridized carbons (Fsp3) is 1.00. The van der Waals surface area contributed by atoms with Crippen LogP contribution in [0.4, 0.5) is 0 Å². The maximum absolute atomic E-state index is 6.19. The highest BCUT2D eigenvalue weighted by atomic mass is 28.3. The van der Waals surface area contributed by atoms with Crippen molar-refractivity contribution in [2.75, 3.05) is 26.4 Å². The molecule has 28 heavy (non-hydrogen) atoms. The van der Waals surface area contributed by atoms with E-state index in [1.807, 2.05) is 0 Å². The van der Waals surface area contributed by atoms with E-state index in [1.165, 1.54) is 51.4 Å². The standard InChI is InChI=1S/C22H50O4Si2/c1-5-9-13-17-23-27(24-18-14-10-6-2)21-22-28(25-19-15-11-7-3)26-20-16-12-8-4/h27-28H,5-22H2,1-4H3. The van der Waals surface area contributed by atoms with E-state index in [4.69, 9.17) is 17.7 Å². The Morgan fingerprint density at radius 3 is 0.857 bits per heavy atom. The van der Waals surface area contributed by atoms with Gasteiger partial charge in [0.1, 0.15) is 0 Å². The smallest absolute Gasteiger partial charge is 0.321 e. The fourth-order valence-electron chi connectivity index (χ4n) is 2.97. The molecule has 0 spiro atoms. The van der Waals surface area contributed by atoms with E-state index in [0.717, 1.165) is 64.2 Å². The molecule has 0 unspecified atom stereocenters. The van der Waals surface area contributed by atoms with Gasteiger partial charge in [0.15, 0.2) is 0 Å². The van der Waals surface area contributed by atoms with Gasteiger partial charge in [-0.1, -0.05) is 79.1 Å². The van der Waals surface area contributed by atoms with E-state index < -0.39 is 18.6 Å². The predicted molar refractivity (Wildman–Crippen MR) is 126 cm³/mol. The molecule has 0 aliphatic heterocycles. The average Bonchev–Trinajstić information content (AvgIpc) is 2.71. The van der Waals surface area contributed by atoms with E-state index in [-0.39, 0.29) is 0 Å². The van der Waals surface area contributed by atoms with E-state index in [2.05, 4.69) is 27.7 Å². The van der Waals surface area contributed by atoms with Crippen LogP contribution >= 0.6 is 0 Å². The van der Waals surface area contributed by atoms with Gasteiger partial charge in [0.05, 0.1) is 0 Å². The van der Waals surface area contributed by atoms with Crippen LogP contribution in [0.15, 0.2) is 0 Å². The van der Waals surface area contributed by atoms with Crippen molar-refractivity contribution in [1.82, 2.24) is 0 Å². The van der Waals surface area contributed by atoms with Gasteiger partial charge in [0, 0.05) is 26.4 Å². The Kier molecular flexibility index (Phi) is 23.8. The second-order valence-electron chi connectivity index (χ2n) is 7.75. The van der Waals surface area contributed by atoms with Crippen molar-refractivity contribution in [3.05, 3.63) is 0 Å². The maximum Gasteiger partial charge on any atom is 0.321 e. The molecule has 0 heterocycles. The van der Waals surface area contributed by atoms with Gasteiger partial charge in [-0.3, -0.25) is 0 Å². The summed E-state index contributed by atoms with van der Waals surface area (Å²) in [6.07, 6.45) is 14.5. The van der Waals surface area contributed by atoms with Crippen LogP contribution in [-0.4, -0.2) is 45.0 Å².